The molecule has 1 fully saturated rings. The maximum Gasteiger partial charge on any atom is 0.325 e. The summed E-state index contributed by atoms with van der Waals surface area (Å²) in [7, 11) is 0. The van der Waals surface area contributed by atoms with Gasteiger partial charge in [0.2, 0.25) is 3.79 Å². The van der Waals surface area contributed by atoms with Crippen LogP contribution in [0.1, 0.15) is 58.7 Å². The molecule has 13 heteroatoms. The molecule has 0 bridgehead atoms. The summed E-state index contributed by atoms with van der Waals surface area (Å²) < 4.78 is 8.70. The highest BCUT2D eigenvalue weighted by molar-refractivity contribution is 6.67. The second kappa shape index (κ2) is 14.7. The number of rotatable bonds is 10. The van der Waals surface area contributed by atoms with Crippen LogP contribution < -0.4 is 10.7 Å². The van der Waals surface area contributed by atoms with Crippen molar-refractivity contribution in [2.75, 3.05) is 13.2 Å². The zero-order valence-corrected chi connectivity index (χ0v) is 27.1. The first kappa shape index (κ1) is 34.6. The van der Waals surface area contributed by atoms with E-state index in [1.807, 2.05) is 43.3 Å². The highest BCUT2D eigenvalue weighted by atomic mass is 35.6. The first-order valence-corrected chi connectivity index (χ1v) is 15.1. The summed E-state index contributed by atoms with van der Waals surface area (Å²) in [5.74, 6) is -2.39. The molecule has 1 aliphatic heterocycles. The largest absolute Gasteiger partial charge is 0.460 e. The fraction of sp³-hybridized carbons (Fsp3) is 0.500. The van der Waals surface area contributed by atoms with E-state index in [2.05, 4.69) is 15.7 Å². The zero-order valence-electron chi connectivity index (χ0n) is 24.8. The number of hydrogen-bond acceptors (Lipinski definition) is 8. The summed E-state index contributed by atoms with van der Waals surface area (Å²) in [6.07, 6.45) is 4.13. The lowest BCUT2D eigenvalue weighted by atomic mass is 9.92. The Bertz CT molecular complexity index is 1380. The lowest BCUT2D eigenvalue weighted by molar-refractivity contribution is -0.161. The molecular weight excluding hydrogens is 619 g/mol. The van der Waals surface area contributed by atoms with E-state index in [0.717, 1.165) is 28.6 Å². The van der Waals surface area contributed by atoms with Crippen LogP contribution in [-0.2, 0) is 35.1 Å². The Morgan fingerprint density at radius 3 is 2.53 bits per heavy atom. The zero-order chi connectivity index (χ0) is 31.9. The van der Waals surface area contributed by atoms with E-state index in [4.69, 9.17) is 44.3 Å². The van der Waals surface area contributed by atoms with Crippen molar-refractivity contribution in [1.29, 1.82) is 0 Å². The summed E-state index contributed by atoms with van der Waals surface area (Å²) in [5.41, 5.74) is 4.50. The maximum atomic E-state index is 13.0. The molecule has 0 spiro atoms. The van der Waals surface area contributed by atoms with E-state index in [1.165, 1.54) is 18.9 Å². The number of esters is 2. The number of nitrogens with one attached hydrogen (secondary N) is 2. The molecule has 10 nitrogen and oxygen atoms in total. The summed E-state index contributed by atoms with van der Waals surface area (Å²) >= 11 is 16.9. The van der Waals surface area contributed by atoms with E-state index in [9.17, 15) is 19.2 Å². The number of carbonyl (C=O) groups excluding carboxylic acids is 4. The van der Waals surface area contributed by atoms with E-state index in [0.29, 0.717) is 19.4 Å². The quantitative estimate of drug-likeness (QED) is 0.279. The number of fused-ring (bicyclic) bond motifs is 1. The van der Waals surface area contributed by atoms with Gasteiger partial charge in [0.1, 0.15) is 18.7 Å². The number of pyridine rings is 1. The highest BCUT2D eigenvalue weighted by Crippen LogP contribution is 2.26. The molecule has 3 unspecified atom stereocenters. The molecule has 0 radical (unpaired) electrons. The molecule has 0 aliphatic carbocycles. The third kappa shape index (κ3) is 10.1. The van der Waals surface area contributed by atoms with Crippen LogP contribution in [0.3, 0.4) is 0 Å². The SMILES string of the molecule is CCc1ccc2ccc(/C=C/C(C)(C)C(=O)OC(C)C(=O)NC(C)C(=O)N3CCCC(C(=O)OCC(Cl)(Cl)Cl)N3)cc2n1. The normalized spacial score (nSPS) is 17.4. The van der Waals surface area contributed by atoms with Crippen molar-refractivity contribution < 1.29 is 28.7 Å². The van der Waals surface area contributed by atoms with Crippen molar-refractivity contribution in [2.45, 2.75) is 75.9 Å². The molecule has 2 amide bonds. The summed E-state index contributed by atoms with van der Waals surface area (Å²) in [6.45, 7) is 8.23. The average molecular weight is 656 g/mol. The lowest BCUT2D eigenvalue weighted by Crippen LogP contribution is -2.60. The van der Waals surface area contributed by atoms with Gasteiger partial charge in [0, 0.05) is 17.6 Å². The molecule has 43 heavy (non-hydrogen) atoms. The van der Waals surface area contributed by atoms with E-state index in [-0.39, 0.29) is 0 Å². The number of alkyl halides is 3. The minimum absolute atomic E-state index is 0.311. The summed E-state index contributed by atoms with van der Waals surface area (Å²) in [5, 5.41) is 4.83. The molecular formula is C30H37Cl3N4O6. The average Bonchev–Trinajstić information content (AvgIpc) is 2.97. The van der Waals surface area contributed by atoms with Crippen molar-refractivity contribution in [3.05, 3.63) is 47.7 Å². The third-order valence-corrected chi connectivity index (χ3v) is 7.18. The Morgan fingerprint density at radius 1 is 1.16 bits per heavy atom. The Kier molecular flexibility index (Phi) is 11.8. The van der Waals surface area contributed by atoms with Crippen LogP contribution in [0.15, 0.2) is 36.4 Å². The number of ether oxygens (including phenoxy) is 2. The maximum absolute atomic E-state index is 13.0. The molecule has 2 heterocycles. The summed E-state index contributed by atoms with van der Waals surface area (Å²) in [4.78, 5) is 55.7. The van der Waals surface area contributed by atoms with Crippen molar-refractivity contribution in [2.24, 2.45) is 5.41 Å². The molecule has 234 valence electrons. The van der Waals surface area contributed by atoms with Gasteiger partial charge in [-0.05, 0) is 64.7 Å². The second-order valence-electron chi connectivity index (χ2n) is 11.0. The van der Waals surface area contributed by atoms with E-state index >= 15 is 0 Å². The van der Waals surface area contributed by atoms with E-state index in [1.54, 1.807) is 19.9 Å². The fourth-order valence-corrected chi connectivity index (χ4v) is 4.37. The molecule has 1 aromatic heterocycles. The number of halogens is 3. The van der Waals surface area contributed by atoms with Gasteiger partial charge in [-0.15, -0.1) is 0 Å². The Morgan fingerprint density at radius 2 is 1.86 bits per heavy atom. The highest BCUT2D eigenvalue weighted by Gasteiger charge is 2.34. The lowest BCUT2D eigenvalue weighted by Gasteiger charge is -2.34. The van der Waals surface area contributed by atoms with Crippen LogP contribution in [0.4, 0.5) is 0 Å². The molecule has 0 saturated carbocycles. The minimum atomic E-state index is -1.75. The van der Waals surface area contributed by atoms with Crippen LogP contribution >= 0.6 is 34.8 Å². The van der Waals surface area contributed by atoms with Crippen molar-refractivity contribution in [3.8, 4) is 0 Å². The predicted octanol–water partition coefficient (Wildman–Crippen LogP) is 4.68. The van der Waals surface area contributed by atoms with Gasteiger partial charge in [-0.25, -0.2) is 5.43 Å². The Hall–Kier alpha value is -2.92. The van der Waals surface area contributed by atoms with E-state index < -0.39 is 57.8 Å². The van der Waals surface area contributed by atoms with Crippen LogP contribution in [0, 0.1) is 5.41 Å². The van der Waals surface area contributed by atoms with Gasteiger partial charge in [-0.2, -0.15) is 0 Å². The van der Waals surface area contributed by atoms with Gasteiger partial charge in [-0.3, -0.25) is 29.2 Å². The minimum Gasteiger partial charge on any atom is -0.460 e. The fourth-order valence-electron chi connectivity index (χ4n) is 4.21. The smallest absolute Gasteiger partial charge is 0.325 e. The van der Waals surface area contributed by atoms with Crippen LogP contribution in [-0.4, -0.2) is 68.9 Å². The van der Waals surface area contributed by atoms with Gasteiger partial charge >= 0.3 is 11.9 Å². The van der Waals surface area contributed by atoms with Gasteiger partial charge in [0.05, 0.1) is 10.9 Å². The topological polar surface area (TPSA) is 127 Å². The summed E-state index contributed by atoms with van der Waals surface area (Å²) in [6, 6.07) is 8.11. The number of amides is 2. The number of benzene rings is 1. The second-order valence-corrected chi connectivity index (χ2v) is 13.5. The van der Waals surface area contributed by atoms with Gasteiger partial charge in [0.15, 0.2) is 6.10 Å². The van der Waals surface area contributed by atoms with Gasteiger partial charge < -0.3 is 14.8 Å². The van der Waals surface area contributed by atoms with Gasteiger partial charge in [-0.1, -0.05) is 72.1 Å². The molecule has 1 aromatic carbocycles. The monoisotopic (exact) mass is 654 g/mol. The van der Waals surface area contributed by atoms with Crippen molar-refractivity contribution >= 4 is 75.5 Å². The number of nitrogens with zero attached hydrogens (tertiary/aromatic N) is 2. The first-order chi connectivity index (χ1) is 20.1. The number of hydrazine groups is 1. The van der Waals surface area contributed by atoms with Crippen molar-refractivity contribution in [3.63, 3.8) is 0 Å². The molecule has 2 aromatic rings. The molecule has 3 atom stereocenters. The number of carbonyl (C=O) groups is 4. The standard InChI is InChI=1S/C30H37Cl3N4O6/c1-6-22-12-11-21-10-9-20(16-24(21)35-22)13-14-29(4,5)28(41)43-19(3)25(38)34-18(2)26(39)37-15-7-8-23(36-37)27(40)42-17-30(31,32)33/h9-14,16,18-19,23,36H,6-8,15,17H2,1-5H3,(H,34,38)/b14-13+. The van der Waals surface area contributed by atoms with Crippen molar-refractivity contribution in [1.82, 2.24) is 20.7 Å². The van der Waals surface area contributed by atoms with Crippen LogP contribution in [0.2, 0.25) is 0 Å². The number of aromatic nitrogens is 1. The molecule has 1 aliphatic rings. The van der Waals surface area contributed by atoms with Crippen LogP contribution in [0.5, 0.6) is 0 Å². The van der Waals surface area contributed by atoms with Crippen LogP contribution in [0.25, 0.3) is 17.0 Å². The third-order valence-electron chi connectivity index (χ3n) is 6.85. The molecule has 1 saturated heterocycles. The molecule has 2 N–H and O–H groups in total. The predicted molar refractivity (Wildman–Crippen MR) is 166 cm³/mol. The first-order valence-electron chi connectivity index (χ1n) is 14.0. The van der Waals surface area contributed by atoms with Gasteiger partial charge in [0.25, 0.3) is 11.8 Å². The Balaban J connectivity index is 1.53. The molecule has 3 rings (SSSR count). The number of aryl methyl sites for hydroxylation is 1. The Labute approximate surface area is 266 Å². The number of hydrogen-bond donors (Lipinski definition) is 2.